The second-order valence-electron chi connectivity index (χ2n) is 6.69. The zero-order valence-corrected chi connectivity index (χ0v) is 15.9. The van der Waals surface area contributed by atoms with E-state index in [1.165, 1.54) is 7.11 Å². The molecule has 1 aromatic heterocycles. The number of amides is 1. The van der Waals surface area contributed by atoms with Crippen molar-refractivity contribution in [2.45, 2.75) is 38.8 Å². The molecular formula is C20H26N4O3. The molecule has 1 amide bonds. The van der Waals surface area contributed by atoms with E-state index in [2.05, 4.69) is 20.6 Å². The molecule has 0 aliphatic carbocycles. The van der Waals surface area contributed by atoms with Gasteiger partial charge in [0.2, 0.25) is 5.91 Å². The van der Waals surface area contributed by atoms with E-state index in [4.69, 9.17) is 4.74 Å². The molecule has 2 aromatic rings. The number of hydrogen-bond donors (Lipinski definition) is 2. The number of aromatic nitrogens is 2. The Balaban J connectivity index is 2.11. The minimum Gasteiger partial charge on any atom is -0.467 e. The fourth-order valence-electron chi connectivity index (χ4n) is 2.71. The van der Waals surface area contributed by atoms with E-state index in [9.17, 15) is 9.59 Å². The molecule has 0 saturated carbocycles. The molecule has 0 aliphatic rings. The zero-order valence-electron chi connectivity index (χ0n) is 15.9. The number of nitrogens with zero attached hydrogens (tertiary/aromatic N) is 2. The Bertz CT molecular complexity index is 723. The number of esters is 1. The van der Waals surface area contributed by atoms with Gasteiger partial charge in [-0.05, 0) is 17.9 Å². The normalized spacial score (nSPS) is 12.9. The SMILES string of the molecule is COC(=O)[C@H](Cc1ccccc1)NC(=O)[C@H](CC(C)C)Nc1cnccn1. The maximum atomic E-state index is 12.9. The molecule has 2 atom stereocenters. The van der Waals surface area contributed by atoms with Crippen molar-refractivity contribution in [3.8, 4) is 0 Å². The number of rotatable bonds is 9. The second-order valence-corrected chi connectivity index (χ2v) is 6.69. The molecular weight excluding hydrogens is 344 g/mol. The third-order valence-electron chi connectivity index (χ3n) is 3.99. The highest BCUT2D eigenvalue weighted by molar-refractivity contribution is 5.89. The lowest BCUT2D eigenvalue weighted by Crippen LogP contribution is -2.49. The van der Waals surface area contributed by atoms with Crippen molar-refractivity contribution in [2.24, 2.45) is 5.92 Å². The van der Waals surface area contributed by atoms with Gasteiger partial charge in [-0.25, -0.2) is 9.78 Å². The van der Waals surface area contributed by atoms with Crippen molar-refractivity contribution in [2.75, 3.05) is 12.4 Å². The van der Waals surface area contributed by atoms with Crippen LogP contribution in [0.3, 0.4) is 0 Å². The molecule has 0 spiro atoms. The smallest absolute Gasteiger partial charge is 0.328 e. The monoisotopic (exact) mass is 370 g/mol. The van der Waals surface area contributed by atoms with Gasteiger partial charge in [-0.15, -0.1) is 0 Å². The first kappa shape index (κ1) is 20.4. The van der Waals surface area contributed by atoms with Gasteiger partial charge in [-0.3, -0.25) is 9.78 Å². The molecule has 2 rings (SSSR count). The molecule has 144 valence electrons. The van der Waals surface area contributed by atoms with E-state index in [1.54, 1.807) is 18.6 Å². The largest absolute Gasteiger partial charge is 0.467 e. The van der Waals surface area contributed by atoms with E-state index >= 15 is 0 Å². The zero-order chi connectivity index (χ0) is 19.6. The third-order valence-corrected chi connectivity index (χ3v) is 3.99. The molecule has 0 bridgehead atoms. The molecule has 1 aromatic carbocycles. The topological polar surface area (TPSA) is 93.2 Å². The van der Waals surface area contributed by atoms with E-state index in [1.807, 2.05) is 44.2 Å². The summed E-state index contributed by atoms with van der Waals surface area (Å²) in [4.78, 5) is 33.2. The van der Waals surface area contributed by atoms with Crippen molar-refractivity contribution in [3.63, 3.8) is 0 Å². The molecule has 0 aliphatic heterocycles. The average Bonchev–Trinajstić information content (AvgIpc) is 2.67. The lowest BCUT2D eigenvalue weighted by Gasteiger charge is -2.23. The van der Waals surface area contributed by atoms with Crippen molar-refractivity contribution >= 4 is 17.7 Å². The lowest BCUT2D eigenvalue weighted by molar-refractivity contribution is -0.145. The predicted octanol–water partition coefficient (Wildman–Crippen LogP) is 2.20. The number of carbonyl (C=O) groups excluding carboxylic acids is 2. The summed E-state index contributed by atoms with van der Waals surface area (Å²) in [5, 5.41) is 5.92. The molecule has 0 saturated heterocycles. The summed E-state index contributed by atoms with van der Waals surface area (Å²) < 4.78 is 4.87. The first-order valence-corrected chi connectivity index (χ1v) is 8.94. The minimum absolute atomic E-state index is 0.274. The summed E-state index contributed by atoms with van der Waals surface area (Å²) in [7, 11) is 1.32. The van der Waals surface area contributed by atoms with Gasteiger partial charge in [0.05, 0.1) is 13.3 Å². The molecule has 0 unspecified atom stereocenters. The third kappa shape index (κ3) is 6.69. The predicted molar refractivity (Wildman–Crippen MR) is 103 cm³/mol. The van der Waals surface area contributed by atoms with Crippen LogP contribution in [-0.4, -0.2) is 41.0 Å². The lowest BCUT2D eigenvalue weighted by atomic mass is 10.0. The summed E-state index contributed by atoms with van der Waals surface area (Å²) in [6.07, 6.45) is 5.62. The van der Waals surface area contributed by atoms with Gasteiger partial charge < -0.3 is 15.4 Å². The van der Waals surface area contributed by atoms with E-state index < -0.39 is 18.1 Å². The summed E-state index contributed by atoms with van der Waals surface area (Å²) >= 11 is 0. The quantitative estimate of drug-likeness (QED) is 0.658. The van der Waals surface area contributed by atoms with Crippen molar-refractivity contribution < 1.29 is 14.3 Å². The maximum Gasteiger partial charge on any atom is 0.328 e. The summed E-state index contributed by atoms with van der Waals surface area (Å²) in [6.45, 7) is 4.06. The number of nitrogens with one attached hydrogen (secondary N) is 2. The number of anilines is 1. The number of carbonyl (C=O) groups is 2. The molecule has 0 fully saturated rings. The maximum absolute atomic E-state index is 12.9. The Morgan fingerprint density at radius 2 is 1.85 bits per heavy atom. The van der Waals surface area contributed by atoms with Crippen LogP contribution >= 0.6 is 0 Å². The fraction of sp³-hybridized carbons (Fsp3) is 0.400. The van der Waals surface area contributed by atoms with Crippen molar-refractivity contribution in [1.29, 1.82) is 0 Å². The standard InChI is InChI=1S/C20H26N4O3/c1-14(2)11-16(23-18-13-21-9-10-22-18)19(25)24-17(20(26)27-3)12-15-7-5-4-6-8-15/h4-10,13-14,16-17H,11-12H2,1-3H3,(H,22,23)(H,24,25)/t16-,17-/m0/s1. The minimum atomic E-state index is -0.761. The van der Waals surface area contributed by atoms with E-state index in [0.29, 0.717) is 18.7 Å². The molecule has 1 heterocycles. The van der Waals surface area contributed by atoms with Crippen molar-refractivity contribution in [1.82, 2.24) is 15.3 Å². The molecule has 27 heavy (non-hydrogen) atoms. The first-order valence-electron chi connectivity index (χ1n) is 8.94. The number of methoxy groups -OCH3 is 1. The number of hydrogen-bond acceptors (Lipinski definition) is 6. The van der Waals surface area contributed by atoms with Crippen LogP contribution in [0.15, 0.2) is 48.9 Å². The van der Waals surface area contributed by atoms with Crippen molar-refractivity contribution in [3.05, 3.63) is 54.5 Å². The van der Waals surface area contributed by atoms with Gasteiger partial charge in [-0.1, -0.05) is 44.2 Å². The Hall–Kier alpha value is -2.96. The van der Waals surface area contributed by atoms with Crippen LogP contribution in [-0.2, 0) is 20.7 Å². The average molecular weight is 370 g/mol. The van der Waals surface area contributed by atoms with Gasteiger partial charge in [0.15, 0.2) is 0 Å². The summed E-state index contributed by atoms with van der Waals surface area (Å²) in [6, 6.07) is 8.20. The highest BCUT2D eigenvalue weighted by atomic mass is 16.5. The molecule has 7 heteroatoms. The van der Waals surface area contributed by atoms with Gasteiger partial charge in [-0.2, -0.15) is 0 Å². The van der Waals surface area contributed by atoms with Crippen LogP contribution in [0.2, 0.25) is 0 Å². The van der Waals surface area contributed by atoms with Crippen LogP contribution < -0.4 is 10.6 Å². The highest BCUT2D eigenvalue weighted by Crippen LogP contribution is 2.12. The van der Waals surface area contributed by atoms with Gasteiger partial charge in [0.1, 0.15) is 17.9 Å². The Morgan fingerprint density at radius 3 is 2.44 bits per heavy atom. The van der Waals surface area contributed by atoms with Crippen LogP contribution in [0, 0.1) is 5.92 Å². The van der Waals surface area contributed by atoms with Crippen LogP contribution in [0.5, 0.6) is 0 Å². The van der Waals surface area contributed by atoms with E-state index in [-0.39, 0.29) is 11.8 Å². The highest BCUT2D eigenvalue weighted by Gasteiger charge is 2.27. The fourth-order valence-corrected chi connectivity index (χ4v) is 2.71. The van der Waals surface area contributed by atoms with Gasteiger partial charge >= 0.3 is 5.97 Å². The Kier molecular flexibility index (Phi) is 7.73. The Labute approximate surface area is 159 Å². The number of benzene rings is 1. The first-order chi connectivity index (χ1) is 13.0. The van der Waals surface area contributed by atoms with Crippen LogP contribution in [0.1, 0.15) is 25.8 Å². The molecule has 7 nitrogen and oxygen atoms in total. The summed E-state index contributed by atoms with van der Waals surface area (Å²) in [5.74, 6) is 0.0299. The van der Waals surface area contributed by atoms with Gasteiger partial charge in [0, 0.05) is 18.8 Å². The molecule has 2 N–H and O–H groups in total. The summed E-state index contributed by atoms with van der Waals surface area (Å²) in [5.41, 5.74) is 0.940. The van der Waals surface area contributed by atoms with Crippen LogP contribution in [0.25, 0.3) is 0 Å². The van der Waals surface area contributed by atoms with Crippen LogP contribution in [0.4, 0.5) is 5.82 Å². The number of ether oxygens (including phenoxy) is 1. The Morgan fingerprint density at radius 1 is 1.11 bits per heavy atom. The van der Waals surface area contributed by atoms with E-state index in [0.717, 1.165) is 5.56 Å². The second kappa shape index (κ2) is 10.3. The van der Waals surface area contributed by atoms with Gasteiger partial charge in [0.25, 0.3) is 0 Å². The molecule has 0 radical (unpaired) electrons.